The zero-order valence-electron chi connectivity index (χ0n) is 10.3. The molecule has 0 spiro atoms. The lowest BCUT2D eigenvalue weighted by Crippen LogP contribution is -2.43. The van der Waals surface area contributed by atoms with E-state index in [4.69, 9.17) is 0 Å². The number of carbonyl (C=O) groups excluding carboxylic acids is 1. The van der Waals surface area contributed by atoms with Crippen LogP contribution in [0.1, 0.15) is 58.3 Å². The van der Waals surface area contributed by atoms with Gasteiger partial charge in [-0.15, -0.1) is 0 Å². The average molecular weight is 218 g/mol. The first-order valence-electron chi connectivity index (χ1n) is 7.21. The molecule has 0 N–H and O–H groups in total. The second kappa shape index (κ2) is 2.73. The summed E-state index contributed by atoms with van der Waals surface area (Å²) in [5.74, 6) is 2.66. The van der Waals surface area contributed by atoms with Crippen LogP contribution in [0.2, 0.25) is 0 Å². The molecule has 2 unspecified atom stereocenters. The standard InChI is InChI=1S/C15H22O/c1-2-10-7-12(16)13-11(10)3-4-14-5-6-15(13,8-14)9-14/h10-11,13H,2-9H2,1H3/t10-,11?,13?,14?,15?/m1/s1. The maximum Gasteiger partial charge on any atom is 0.137 e. The SMILES string of the molecule is CC[C@@H]1CC(=O)C2C1CCC13CCC2(C1)C3. The van der Waals surface area contributed by atoms with Crippen molar-refractivity contribution in [3.8, 4) is 0 Å². The maximum atomic E-state index is 12.3. The zero-order chi connectivity index (χ0) is 11.0. The molecule has 1 nitrogen and oxygen atoms in total. The van der Waals surface area contributed by atoms with E-state index in [-0.39, 0.29) is 0 Å². The van der Waals surface area contributed by atoms with Gasteiger partial charge in [0, 0.05) is 12.3 Å². The molecule has 16 heavy (non-hydrogen) atoms. The fraction of sp³-hybridized carbons (Fsp3) is 0.933. The predicted octanol–water partition coefficient (Wildman–Crippen LogP) is 3.57. The van der Waals surface area contributed by atoms with Gasteiger partial charge >= 0.3 is 0 Å². The van der Waals surface area contributed by atoms with E-state index in [1.54, 1.807) is 0 Å². The van der Waals surface area contributed by atoms with Crippen LogP contribution >= 0.6 is 0 Å². The summed E-state index contributed by atoms with van der Waals surface area (Å²) in [6.07, 6.45) is 10.6. The summed E-state index contributed by atoms with van der Waals surface area (Å²) in [6.45, 7) is 2.28. The van der Waals surface area contributed by atoms with E-state index in [9.17, 15) is 4.79 Å². The van der Waals surface area contributed by atoms with Crippen LogP contribution in [0.15, 0.2) is 0 Å². The lowest BCUT2D eigenvalue weighted by molar-refractivity contribution is -0.128. The number of rotatable bonds is 1. The van der Waals surface area contributed by atoms with Crippen LogP contribution in [0, 0.1) is 28.6 Å². The van der Waals surface area contributed by atoms with Gasteiger partial charge < -0.3 is 0 Å². The second-order valence-corrected chi connectivity index (χ2v) is 7.23. The van der Waals surface area contributed by atoms with Crippen molar-refractivity contribution in [2.24, 2.45) is 28.6 Å². The molecule has 3 atom stereocenters. The first kappa shape index (κ1) is 9.67. The Bertz CT molecular complexity index is 350. The molecule has 0 saturated heterocycles. The quantitative estimate of drug-likeness (QED) is 0.657. The smallest absolute Gasteiger partial charge is 0.137 e. The summed E-state index contributed by atoms with van der Waals surface area (Å²) in [5.41, 5.74) is 1.24. The average Bonchev–Trinajstić information content (AvgIpc) is 2.75. The van der Waals surface area contributed by atoms with Gasteiger partial charge in [0.05, 0.1) is 0 Å². The van der Waals surface area contributed by atoms with Crippen molar-refractivity contribution < 1.29 is 4.79 Å². The van der Waals surface area contributed by atoms with Crippen LogP contribution in [0.4, 0.5) is 0 Å². The number of hydrogen-bond donors (Lipinski definition) is 0. The minimum atomic E-state index is 0.496. The van der Waals surface area contributed by atoms with Crippen molar-refractivity contribution in [2.45, 2.75) is 58.3 Å². The molecule has 6 fully saturated rings. The summed E-state index contributed by atoms with van der Waals surface area (Å²) in [4.78, 5) is 12.3. The molecule has 0 aliphatic heterocycles. The van der Waals surface area contributed by atoms with Crippen LogP contribution in [0.3, 0.4) is 0 Å². The van der Waals surface area contributed by atoms with Gasteiger partial charge in [-0.3, -0.25) is 4.79 Å². The zero-order valence-corrected chi connectivity index (χ0v) is 10.3. The van der Waals surface area contributed by atoms with Crippen LogP contribution in [-0.4, -0.2) is 5.78 Å². The second-order valence-electron chi connectivity index (χ2n) is 7.23. The number of fused-ring (bicyclic) bond motifs is 2. The van der Waals surface area contributed by atoms with Crippen molar-refractivity contribution in [3.63, 3.8) is 0 Å². The Morgan fingerprint density at radius 3 is 2.81 bits per heavy atom. The molecule has 0 aromatic heterocycles. The normalized spacial score (nSPS) is 58.1. The Kier molecular flexibility index (Phi) is 1.65. The molecule has 0 amide bonds. The lowest BCUT2D eigenvalue weighted by atomic mass is 9.55. The Hall–Kier alpha value is -0.330. The van der Waals surface area contributed by atoms with Gasteiger partial charge in [0.25, 0.3) is 0 Å². The highest BCUT2D eigenvalue weighted by molar-refractivity contribution is 5.85. The third kappa shape index (κ3) is 0.926. The minimum Gasteiger partial charge on any atom is -0.299 e. The Morgan fingerprint density at radius 2 is 2.06 bits per heavy atom. The Labute approximate surface area is 98.0 Å². The summed E-state index contributed by atoms with van der Waals surface area (Å²) >= 11 is 0. The molecule has 0 heterocycles. The summed E-state index contributed by atoms with van der Waals surface area (Å²) in [5, 5.41) is 0. The molecule has 6 aliphatic carbocycles. The first-order chi connectivity index (χ1) is 7.68. The third-order valence-electron chi connectivity index (χ3n) is 6.64. The van der Waals surface area contributed by atoms with E-state index in [1.807, 2.05) is 0 Å². The van der Waals surface area contributed by atoms with E-state index >= 15 is 0 Å². The van der Waals surface area contributed by atoms with E-state index in [1.165, 1.54) is 44.9 Å². The highest BCUT2D eigenvalue weighted by Gasteiger charge is 2.69. The van der Waals surface area contributed by atoms with Gasteiger partial charge in [-0.05, 0) is 61.2 Å². The molecular weight excluding hydrogens is 196 g/mol. The Balaban J connectivity index is 1.75. The van der Waals surface area contributed by atoms with E-state index in [0.29, 0.717) is 17.1 Å². The largest absolute Gasteiger partial charge is 0.299 e. The summed E-state index contributed by atoms with van der Waals surface area (Å²) in [6, 6.07) is 0. The van der Waals surface area contributed by atoms with E-state index in [2.05, 4.69) is 6.92 Å². The molecule has 0 aromatic carbocycles. The number of ketones is 1. The topological polar surface area (TPSA) is 17.1 Å². The van der Waals surface area contributed by atoms with Crippen LogP contribution in [0.25, 0.3) is 0 Å². The number of Topliss-reactive ketones (excluding diaryl/α,β-unsaturated/α-hetero) is 1. The van der Waals surface area contributed by atoms with Gasteiger partial charge in [-0.25, -0.2) is 0 Å². The maximum absolute atomic E-state index is 12.3. The van der Waals surface area contributed by atoms with Gasteiger partial charge in [-0.1, -0.05) is 13.3 Å². The number of hydrogen-bond acceptors (Lipinski definition) is 1. The van der Waals surface area contributed by atoms with Gasteiger partial charge in [0.15, 0.2) is 0 Å². The molecule has 6 saturated carbocycles. The molecule has 2 bridgehead atoms. The van der Waals surface area contributed by atoms with Crippen molar-refractivity contribution in [1.82, 2.24) is 0 Å². The molecule has 1 heteroatoms. The Morgan fingerprint density at radius 1 is 1.25 bits per heavy atom. The summed E-state index contributed by atoms with van der Waals surface area (Å²) < 4.78 is 0. The van der Waals surface area contributed by atoms with Gasteiger partial charge in [0.1, 0.15) is 5.78 Å². The van der Waals surface area contributed by atoms with Gasteiger partial charge in [0.2, 0.25) is 0 Å². The molecule has 6 aliphatic rings. The van der Waals surface area contributed by atoms with Crippen LogP contribution in [0.5, 0.6) is 0 Å². The highest BCUT2D eigenvalue weighted by atomic mass is 16.1. The third-order valence-corrected chi connectivity index (χ3v) is 6.64. The monoisotopic (exact) mass is 218 g/mol. The van der Waals surface area contributed by atoms with Crippen molar-refractivity contribution in [3.05, 3.63) is 0 Å². The lowest BCUT2D eigenvalue weighted by Gasteiger charge is -2.48. The van der Waals surface area contributed by atoms with Crippen molar-refractivity contribution >= 4 is 5.78 Å². The van der Waals surface area contributed by atoms with Crippen LogP contribution in [-0.2, 0) is 4.79 Å². The summed E-state index contributed by atoms with van der Waals surface area (Å²) in [7, 11) is 0. The molecule has 0 aromatic rings. The molecule has 88 valence electrons. The minimum absolute atomic E-state index is 0.496. The van der Waals surface area contributed by atoms with Crippen molar-refractivity contribution in [1.29, 1.82) is 0 Å². The predicted molar refractivity (Wildman–Crippen MR) is 63.0 cm³/mol. The fourth-order valence-electron chi connectivity index (χ4n) is 6.15. The first-order valence-corrected chi connectivity index (χ1v) is 7.21. The highest BCUT2D eigenvalue weighted by Crippen LogP contribution is 2.76. The molecular formula is C15H22O. The fourth-order valence-corrected chi connectivity index (χ4v) is 6.15. The molecule has 0 radical (unpaired) electrons. The van der Waals surface area contributed by atoms with Gasteiger partial charge in [-0.2, -0.15) is 0 Å². The van der Waals surface area contributed by atoms with Crippen molar-refractivity contribution in [2.75, 3.05) is 0 Å². The van der Waals surface area contributed by atoms with E-state index < -0.39 is 0 Å². The number of carbonyl (C=O) groups is 1. The van der Waals surface area contributed by atoms with Crippen LogP contribution < -0.4 is 0 Å². The van der Waals surface area contributed by atoms with E-state index in [0.717, 1.165) is 23.7 Å². The molecule has 6 rings (SSSR count).